The van der Waals surface area contributed by atoms with E-state index in [-0.39, 0.29) is 30.4 Å². The number of amides is 1. The molecule has 0 saturated carbocycles. The molecule has 0 bridgehead atoms. The summed E-state index contributed by atoms with van der Waals surface area (Å²) in [5.41, 5.74) is 0.295. The number of aryl methyl sites for hydroxylation is 1. The van der Waals surface area contributed by atoms with Crippen molar-refractivity contribution in [2.45, 2.75) is 44.8 Å². The highest BCUT2D eigenvalue weighted by atomic mass is 32.2. The molecule has 1 amide bonds. The maximum Gasteiger partial charge on any atom is 0.326 e. The minimum Gasteiger partial charge on any atom is -0.480 e. The maximum atomic E-state index is 12.4. The molecule has 136 valence electrons. The molecule has 1 saturated heterocycles. The molecule has 0 radical (unpaired) electrons. The molecule has 7 heteroatoms. The van der Waals surface area contributed by atoms with Gasteiger partial charge < -0.3 is 15.1 Å². The van der Waals surface area contributed by atoms with Crippen LogP contribution >= 0.6 is 11.8 Å². The van der Waals surface area contributed by atoms with Gasteiger partial charge in [0.05, 0.1) is 6.54 Å². The molecule has 2 rings (SSSR count). The number of likely N-dealkylation sites (tertiary alicyclic amines) is 1. The number of carboxylic acid groups (broad SMARTS) is 1. The Labute approximate surface area is 151 Å². The Bertz CT molecular complexity index is 660. The average molecular weight is 365 g/mol. The second-order valence-electron chi connectivity index (χ2n) is 6.42. The number of aliphatic hydroxyl groups is 1. The van der Waals surface area contributed by atoms with Gasteiger partial charge in [-0.25, -0.2) is 4.79 Å². The van der Waals surface area contributed by atoms with Gasteiger partial charge in [0.15, 0.2) is 5.12 Å². The number of carbonyl (C=O) groups excluding carboxylic acids is 2. The van der Waals surface area contributed by atoms with E-state index in [0.717, 1.165) is 17.3 Å². The van der Waals surface area contributed by atoms with Gasteiger partial charge in [0.1, 0.15) is 11.6 Å². The summed E-state index contributed by atoms with van der Waals surface area (Å²) in [6.45, 7) is 3.36. The highest BCUT2D eigenvalue weighted by Crippen LogP contribution is 2.36. The summed E-state index contributed by atoms with van der Waals surface area (Å²) in [4.78, 5) is 36.1. The number of hydrogen-bond acceptors (Lipinski definition) is 5. The monoisotopic (exact) mass is 365 g/mol. The number of aliphatic carboxylic acids is 1. The summed E-state index contributed by atoms with van der Waals surface area (Å²) in [6.07, 6.45) is 0.627. The van der Waals surface area contributed by atoms with Gasteiger partial charge in [-0.3, -0.25) is 9.59 Å². The zero-order valence-electron chi connectivity index (χ0n) is 14.4. The molecule has 1 fully saturated rings. The fourth-order valence-electron chi connectivity index (χ4n) is 3.03. The zero-order valence-corrected chi connectivity index (χ0v) is 15.2. The molecule has 1 aromatic carbocycles. The molecular weight excluding hydrogens is 342 g/mol. The van der Waals surface area contributed by atoms with Crippen LogP contribution in [0.15, 0.2) is 24.3 Å². The molecule has 0 aliphatic carbocycles. The topological polar surface area (TPSA) is 94.9 Å². The third kappa shape index (κ3) is 4.83. The second-order valence-corrected chi connectivity index (χ2v) is 7.69. The van der Waals surface area contributed by atoms with Crippen LogP contribution in [0, 0.1) is 6.92 Å². The van der Waals surface area contributed by atoms with E-state index in [1.807, 2.05) is 19.1 Å². The minimum atomic E-state index is -1.36. The van der Waals surface area contributed by atoms with E-state index in [9.17, 15) is 24.6 Å². The van der Waals surface area contributed by atoms with Gasteiger partial charge in [0.2, 0.25) is 5.91 Å². The van der Waals surface area contributed by atoms with Crippen LogP contribution in [0.1, 0.15) is 37.3 Å². The first-order valence-corrected chi connectivity index (χ1v) is 9.16. The van der Waals surface area contributed by atoms with E-state index in [0.29, 0.717) is 17.7 Å². The molecule has 0 spiro atoms. The summed E-state index contributed by atoms with van der Waals surface area (Å²) in [5.74, 6) is -0.899. The Hall–Kier alpha value is -1.86. The SMILES string of the molecule is CC(=O)SCCCC(=O)N1CC(O)(c2ccc(C)cc2)C[C@H]1C(=O)O. The van der Waals surface area contributed by atoms with E-state index in [1.165, 1.54) is 11.8 Å². The Morgan fingerprint density at radius 2 is 1.92 bits per heavy atom. The van der Waals surface area contributed by atoms with Crippen molar-refractivity contribution in [3.63, 3.8) is 0 Å². The zero-order chi connectivity index (χ0) is 18.6. The summed E-state index contributed by atoms with van der Waals surface area (Å²) in [7, 11) is 0. The average Bonchev–Trinajstić information content (AvgIpc) is 2.91. The first-order chi connectivity index (χ1) is 11.7. The van der Waals surface area contributed by atoms with Gasteiger partial charge >= 0.3 is 5.97 Å². The molecule has 0 aromatic heterocycles. The number of nitrogens with zero attached hydrogens (tertiary/aromatic N) is 1. The summed E-state index contributed by atoms with van der Waals surface area (Å²) in [6, 6.07) is 6.20. The van der Waals surface area contributed by atoms with Crippen molar-refractivity contribution in [1.29, 1.82) is 0 Å². The van der Waals surface area contributed by atoms with Crippen molar-refractivity contribution in [3.05, 3.63) is 35.4 Å². The van der Waals surface area contributed by atoms with Gasteiger partial charge in [-0.05, 0) is 18.9 Å². The van der Waals surface area contributed by atoms with Crippen LogP contribution in [-0.2, 0) is 20.0 Å². The van der Waals surface area contributed by atoms with Crippen LogP contribution < -0.4 is 0 Å². The highest BCUT2D eigenvalue weighted by molar-refractivity contribution is 8.13. The van der Waals surface area contributed by atoms with E-state index in [1.54, 1.807) is 12.1 Å². The van der Waals surface area contributed by atoms with Crippen molar-refractivity contribution in [3.8, 4) is 0 Å². The second kappa shape index (κ2) is 8.01. The first-order valence-electron chi connectivity index (χ1n) is 8.18. The number of thioether (sulfide) groups is 1. The molecule has 6 nitrogen and oxygen atoms in total. The normalized spacial score (nSPS) is 22.8. The molecule has 25 heavy (non-hydrogen) atoms. The summed E-state index contributed by atoms with van der Waals surface area (Å²) < 4.78 is 0. The number of rotatable bonds is 6. The summed E-state index contributed by atoms with van der Waals surface area (Å²) in [5, 5.41) is 20.4. The number of hydrogen-bond donors (Lipinski definition) is 2. The van der Waals surface area contributed by atoms with E-state index < -0.39 is 17.6 Å². The van der Waals surface area contributed by atoms with E-state index in [4.69, 9.17) is 0 Å². The Morgan fingerprint density at radius 3 is 2.48 bits per heavy atom. The fraction of sp³-hybridized carbons (Fsp3) is 0.500. The molecule has 1 aliphatic heterocycles. The van der Waals surface area contributed by atoms with Crippen molar-refractivity contribution in [2.24, 2.45) is 0 Å². The lowest BCUT2D eigenvalue weighted by atomic mass is 9.90. The number of benzene rings is 1. The van der Waals surface area contributed by atoms with Crippen LogP contribution in [-0.4, -0.2) is 50.4 Å². The molecule has 1 heterocycles. The lowest BCUT2D eigenvalue weighted by molar-refractivity contribution is -0.148. The number of carbonyl (C=O) groups is 3. The van der Waals surface area contributed by atoms with Gasteiger partial charge in [-0.2, -0.15) is 0 Å². The molecule has 2 N–H and O–H groups in total. The number of carboxylic acids is 1. The largest absolute Gasteiger partial charge is 0.480 e. The van der Waals surface area contributed by atoms with Crippen LogP contribution in [0.4, 0.5) is 0 Å². The molecule has 2 atom stereocenters. The summed E-state index contributed by atoms with van der Waals surface area (Å²) >= 11 is 1.15. The molecular formula is C18H23NO5S. The predicted octanol–water partition coefficient (Wildman–Crippen LogP) is 1.93. The molecule has 1 unspecified atom stereocenters. The van der Waals surface area contributed by atoms with Gasteiger partial charge in [-0.15, -0.1) is 0 Å². The van der Waals surface area contributed by atoms with E-state index in [2.05, 4.69) is 0 Å². The third-order valence-corrected chi connectivity index (χ3v) is 5.27. The van der Waals surface area contributed by atoms with Crippen molar-refractivity contribution < 1.29 is 24.6 Å². The van der Waals surface area contributed by atoms with Crippen LogP contribution in [0.25, 0.3) is 0 Å². The molecule has 1 aliphatic rings. The van der Waals surface area contributed by atoms with Crippen LogP contribution in [0.2, 0.25) is 0 Å². The fourth-order valence-corrected chi connectivity index (χ4v) is 3.60. The van der Waals surface area contributed by atoms with Gasteiger partial charge in [0.25, 0.3) is 0 Å². The van der Waals surface area contributed by atoms with Crippen molar-refractivity contribution in [1.82, 2.24) is 4.90 Å². The Morgan fingerprint density at radius 1 is 1.28 bits per heavy atom. The van der Waals surface area contributed by atoms with Crippen molar-refractivity contribution >= 4 is 28.8 Å². The van der Waals surface area contributed by atoms with Gasteiger partial charge in [0, 0.05) is 25.5 Å². The third-order valence-electron chi connectivity index (χ3n) is 4.37. The Kier molecular flexibility index (Phi) is 6.24. The van der Waals surface area contributed by atoms with Crippen molar-refractivity contribution in [2.75, 3.05) is 12.3 Å². The number of β-amino-alcohol motifs (C(OH)–C–C–N with tert-alkyl or cyclic N) is 1. The highest BCUT2D eigenvalue weighted by Gasteiger charge is 2.48. The van der Waals surface area contributed by atoms with Gasteiger partial charge in [-0.1, -0.05) is 41.6 Å². The van der Waals surface area contributed by atoms with Crippen LogP contribution in [0.3, 0.4) is 0 Å². The smallest absolute Gasteiger partial charge is 0.326 e. The lowest BCUT2D eigenvalue weighted by Gasteiger charge is -2.24. The lowest BCUT2D eigenvalue weighted by Crippen LogP contribution is -2.41. The predicted molar refractivity (Wildman–Crippen MR) is 95.2 cm³/mol. The minimum absolute atomic E-state index is 0.00854. The van der Waals surface area contributed by atoms with Crippen LogP contribution in [0.5, 0.6) is 0 Å². The van der Waals surface area contributed by atoms with E-state index >= 15 is 0 Å². The standard InChI is InChI=1S/C18H23NO5S/c1-12-5-7-14(8-6-12)18(24)10-15(17(22)23)19(11-18)16(21)4-3-9-25-13(2)20/h5-8,15,24H,3-4,9-11H2,1-2H3,(H,22,23)/t15-,18?/m0/s1. The quantitative estimate of drug-likeness (QED) is 0.748. The Balaban J connectivity index is 2.09. The first kappa shape index (κ1) is 19.5. The molecule has 1 aromatic rings. The maximum absolute atomic E-state index is 12.4.